The van der Waals surface area contributed by atoms with Crippen molar-refractivity contribution in [2.75, 3.05) is 12.8 Å². The van der Waals surface area contributed by atoms with Gasteiger partial charge in [0.15, 0.2) is 0 Å². The first kappa shape index (κ1) is 12.1. The molecule has 4 heteroatoms. The zero-order chi connectivity index (χ0) is 13.6. The smallest absolute Gasteiger partial charge is 0.129 e. The van der Waals surface area contributed by atoms with Crippen LogP contribution in [0.4, 0.5) is 5.82 Å². The highest BCUT2D eigenvalue weighted by atomic mass is 16.5. The van der Waals surface area contributed by atoms with Crippen molar-refractivity contribution in [1.82, 2.24) is 9.78 Å². The SMILES string of the molecule is COc1ccc(-c2c(C3CC3C)nn(C)c2N)cc1. The molecule has 0 spiro atoms. The monoisotopic (exact) mass is 257 g/mol. The summed E-state index contributed by atoms with van der Waals surface area (Å²) in [7, 11) is 3.57. The molecule has 1 saturated carbocycles. The van der Waals surface area contributed by atoms with Gasteiger partial charge in [0.25, 0.3) is 0 Å². The Balaban J connectivity index is 2.07. The molecule has 0 radical (unpaired) electrons. The molecule has 0 saturated heterocycles. The summed E-state index contributed by atoms with van der Waals surface area (Å²) in [4.78, 5) is 0. The summed E-state index contributed by atoms with van der Waals surface area (Å²) < 4.78 is 6.97. The van der Waals surface area contributed by atoms with Crippen molar-refractivity contribution in [3.05, 3.63) is 30.0 Å². The highest BCUT2D eigenvalue weighted by Crippen LogP contribution is 2.50. The number of benzene rings is 1. The summed E-state index contributed by atoms with van der Waals surface area (Å²) in [5.74, 6) is 2.86. The third-order valence-electron chi connectivity index (χ3n) is 3.96. The van der Waals surface area contributed by atoms with E-state index in [-0.39, 0.29) is 0 Å². The van der Waals surface area contributed by atoms with Crippen LogP contribution in [0, 0.1) is 5.92 Å². The zero-order valence-electron chi connectivity index (χ0n) is 11.6. The second-order valence-electron chi connectivity index (χ2n) is 5.32. The molecule has 1 aliphatic rings. The van der Waals surface area contributed by atoms with Gasteiger partial charge in [-0.3, -0.25) is 4.68 Å². The first-order valence-corrected chi connectivity index (χ1v) is 6.58. The Morgan fingerprint density at radius 1 is 1.32 bits per heavy atom. The molecule has 1 heterocycles. The molecule has 2 aromatic rings. The minimum Gasteiger partial charge on any atom is -0.497 e. The van der Waals surface area contributed by atoms with Crippen LogP contribution in [0.5, 0.6) is 5.75 Å². The van der Waals surface area contributed by atoms with Gasteiger partial charge in [-0.2, -0.15) is 5.10 Å². The van der Waals surface area contributed by atoms with Gasteiger partial charge in [-0.05, 0) is 30.0 Å². The lowest BCUT2D eigenvalue weighted by Gasteiger charge is -2.05. The Morgan fingerprint density at radius 3 is 2.47 bits per heavy atom. The fraction of sp³-hybridized carbons (Fsp3) is 0.400. The van der Waals surface area contributed by atoms with E-state index in [1.54, 1.807) is 11.8 Å². The Labute approximate surface area is 113 Å². The number of ether oxygens (including phenoxy) is 1. The van der Waals surface area contributed by atoms with Crippen molar-refractivity contribution in [3.63, 3.8) is 0 Å². The predicted octanol–water partition coefficient (Wildman–Crippen LogP) is 2.80. The maximum Gasteiger partial charge on any atom is 0.129 e. The van der Waals surface area contributed by atoms with Crippen LogP contribution in [0.3, 0.4) is 0 Å². The average Bonchev–Trinajstić information content (AvgIpc) is 3.07. The summed E-state index contributed by atoms with van der Waals surface area (Å²) in [6.45, 7) is 2.26. The molecular formula is C15H19N3O. The van der Waals surface area contributed by atoms with Gasteiger partial charge in [0.1, 0.15) is 11.6 Å². The Morgan fingerprint density at radius 2 is 1.95 bits per heavy atom. The molecule has 19 heavy (non-hydrogen) atoms. The van der Waals surface area contributed by atoms with E-state index in [9.17, 15) is 0 Å². The highest BCUT2D eigenvalue weighted by Gasteiger charge is 2.39. The van der Waals surface area contributed by atoms with E-state index in [4.69, 9.17) is 10.5 Å². The summed E-state index contributed by atoms with van der Waals surface area (Å²) in [6, 6.07) is 8.01. The fourth-order valence-corrected chi connectivity index (χ4v) is 2.57. The van der Waals surface area contributed by atoms with Crippen molar-refractivity contribution in [1.29, 1.82) is 0 Å². The van der Waals surface area contributed by atoms with Crippen LogP contribution in [0.25, 0.3) is 11.1 Å². The van der Waals surface area contributed by atoms with E-state index in [1.807, 2.05) is 31.3 Å². The predicted molar refractivity (Wildman–Crippen MR) is 76.1 cm³/mol. The first-order chi connectivity index (χ1) is 9.11. The quantitative estimate of drug-likeness (QED) is 0.920. The molecular weight excluding hydrogens is 238 g/mol. The minimum atomic E-state index is 0.556. The van der Waals surface area contributed by atoms with Gasteiger partial charge in [-0.25, -0.2) is 0 Å². The van der Waals surface area contributed by atoms with Crippen LogP contribution < -0.4 is 10.5 Å². The zero-order valence-corrected chi connectivity index (χ0v) is 11.6. The first-order valence-electron chi connectivity index (χ1n) is 6.58. The molecule has 3 rings (SSSR count). The number of hydrogen-bond acceptors (Lipinski definition) is 3. The van der Waals surface area contributed by atoms with E-state index in [2.05, 4.69) is 12.0 Å². The topological polar surface area (TPSA) is 53.1 Å². The second-order valence-corrected chi connectivity index (χ2v) is 5.32. The van der Waals surface area contributed by atoms with Crippen molar-refractivity contribution < 1.29 is 4.74 Å². The van der Waals surface area contributed by atoms with Crippen molar-refractivity contribution in [3.8, 4) is 16.9 Å². The van der Waals surface area contributed by atoms with Gasteiger partial charge in [-0.1, -0.05) is 19.1 Å². The Bertz CT molecular complexity index is 601. The third-order valence-corrected chi connectivity index (χ3v) is 3.96. The number of methoxy groups -OCH3 is 1. The van der Waals surface area contributed by atoms with Gasteiger partial charge in [0.05, 0.1) is 12.8 Å². The van der Waals surface area contributed by atoms with Crippen LogP contribution in [0.2, 0.25) is 0 Å². The molecule has 0 amide bonds. The number of hydrogen-bond donors (Lipinski definition) is 1. The van der Waals surface area contributed by atoms with E-state index in [0.29, 0.717) is 11.8 Å². The van der Waals surface area contributed by atoms with Gasteiger partial charge in [-0.15, -0.1) is 0 Å². The summed E-state index contributed by atoms with van der Waals surface area (Å²) in [6.07, 6.45) is 1.21. The van der Waals surface area contributed by atoms with E-state index < -0.39 is 0 Å². The van der Waals surface area contributed by atoms with Gasteiger partial charge >= 0.3 is 0 Å². The molecule has 1 aliphatic carbocycles. The molecule has 2 N–H and O–H groups in total. The van der Waals surface area contributed by atoms with E-state index >= 15 is 0 Å². The minimum absolute atomic E-state index is 0.556. The van der Waals surface area contributed by atoms with Crippen molar-refractivity contribution in [2.24, 2.45) is 13.0 Å². The van der Waals surface area contributed by atoms with Gasteiger partial charge in [0.2, 0.25) is 0 Å². The highest BCUT2D eigenvalue weighted by molar-refractivity contribution is 5.78. The molecule has 1 fully saturated rings. The van der Waals surface area contributed by atoms with E-state index in [1.165, 1.54) is 6.42 Å². The van der Waals surface area contributed by atoms with Gasteiger partial charge in [0, 0.05) is 18.5 Å². The van der Waals surface area contributed by atoms with Gasteiger partial charge < -0.3 is 10.5 Å². The fourth-order valence-electron chi connectivity index (χ4n) is 2.57. The molecule has 2 atom stereocenters. The Hall–Kier alpha value is -1.97. The standard InChI is InChI=1S/C15H19N3O/c1-9-8-12(9)14-13(15(16)18(2)17-14)10-4-6-11(19-3)7-5-10/h4-7,9,12H,8,16H2,1-3H3. The number of anilines is 1. The maximum absolute atomic E-state index is 6.19. The lowest BCUT2D eigenvalue weighted by atomic mass is 10.0. The lowest BCUT2D eigenvalue weighted by Crippen LogP contribution is -1.98. The van der Waals surface area contributed by atoms with Crippen LogP contribution >= 0.6 is 0 Å². The summed E-state index contributed by atoms with van der Waals surface area (Å²) >= 11 is 0. The van der Waals surface area contributed by atoms with Crippen LogP contribution in [0.1, 0.15) is 25.0 Å². The number of aromatic nitrogens is 2. The molecule has 1 aromatic heterocycles. The number of nitrogens with two attached hydrogens (primary N) is 1. The second kappa shape index (κ2) is 4.30. The van der Waals surface area contributed by atoms with E-state index in [0.717, 1.165) is 28.4 Å². The average molecular weight is 257 g/mol. The molecule has 0 bridgehead atoms. The number of rotatable bonds is 3. The normalized spacial score (nSPS) is 21.4. The molecule has 100 valence electrons. The largest absolute Gasteiger partial charge is 0.497 e. The van der Waals surface area contributed by atoms with Crippen LogP contribution in [-0.4, -0.2) is 16.9 Å². The molecule has 2 unspecified atom stereocenters. The number of nitrogen functional groups attached to an aromatic ring is 1. The molecule has 0 aliphatic heterocycles. The molecule has 4 nitrogen and oxygen atoms in total. The Kier molecular flexibility index (Phi) is 2.73. The van der Waals surface area contributed by atoms with Crippen LogP contribution in [0.15, 0.2) is 24.3 Å². The van der Waals surface area contributed by atoms with Crippen molar-refractivity contribution >= 4 is 5.82 Å². The maximum atomic E-state index is 6.19. The summed E-state index contributed by atoms with van der Waals surface area (Å²) in [5.41, 5.74) is 9.52. The molecule has 1 aromatic carbocycles. The van der Waals surface area contributed by atoms with Crippen molar-refractivity contribution in [2.45, 2.75) is 19.3 Å². The van der Waals surface area contributed by atoms with Crippen LogP contribution in [-0.2, 0) is 7.05 Å². The number of nitrogens with zero attached hydrogens (tertiary/aromatic N) is 2. The lowest BCUT2D eigenvalue weighted by molar-refractivity contribution is 0.415. The summed E-state index contributed by atoms with van der Waals surface area (Å²) in [5, 5.41) is 4.60. The number of aryl methyl sites for hydroxylation is 1. The third kappa shape index (κ3) is 1.97.